The number of carboxylic acid groups (broad SMARTS) is 1. The lowest BCUT2D eigenvalue weighted by Gasteiger charge is -2.15. The van der Waals surface area contributed by atoms with Gasteiger partial charge in [0.25, 0.3) is 0 Å². The number of carbonyl (C=O) groups excluding carboxylic acids is 1. The molecule has 1 amide bonds. The standard InChI is InChI=1S/C14H18N2O3S/c1-10(17)15-12-4-5-16(7-12)8-13-6-11(9-20-13)2-3-14(18)19/h2-3,6,9,12H,4-5,7-8H2,1H3,(H,15,17)(H,18,19)/b3-2+. The molecule has 1 atom stereocenters. The Hall–Kier alpha value is -1.66. The van der Waals surface area contributed by atoms with E-state index in [1.165, 1.54) is 4.88 Å². The van der Waals surface area contributed by atoms with Gasteiger partial charge in [-0.1, -0.05) is 0 Å². The highest BCUT2D eigenvalue weighted by molar-refractivity contribution is 7.10. The van der Waals surface area contributed by atoms with Crippen LogP contribution in [0.3, 0.4) is 0 Å². The number of hydrogen-bond donors (Lipinski definition) is 2. The van der Waals surface area contributed by atoms with E-state index in [1.807, 2.05) is 11.4 Å². The fourth-order valence-electron chi connectivity index (χ4n) is 2.34. The third-order valence-electron chi connectivity index (χ3n) is 3.15. The summed E-state index contributed by atoms with van der Waals surface area (Å²) in [5.41, 5.74) is 0.921. The van der Waals surface area contributed by atoms with Gasteiger partial charge in [0.2, 0.25) is 5.91 Å². The van der Waals surface area contributed by atoms with Gasteiger partial charge in [0.1, 0.15) is 0 Å². The Labute approximate surface area is 121 Å². The minimum Gasteiger partial charge on any atom is -0.478 e. The van der Waals surface area contributed by atoms with Crippen LogP contribution in [0.5, 0.6) is 0 Å². The Morgan fingerprint density at radius 1 is 1.60 bits per heavy atom. The number of hydrogen-bond acceptors (Lipinski definition) is 4. The van der Waals surface area contributed by atoms with Gasteiger partial charge in [-0.05, 0) is 29.5 Å². The maximum Gasteiger partial charge on any atom is 0.328 e. The molecule has 2 rings (SSSR count). The number of carboxylic acids is 1. The van der Waals surface area contributed by atoms with Crippen LogP contribution < -0.4 is 5.32 Å². The SMILES string of the molecule is CC(=O)NC1CCN(Cc2cc(/C=C/C(=O)O)cs2)C1. The molecule has 6 heteroatoms. The molecule has 0 bridgehead atoms. The Bertz CT molecular complexity index is 524. The third-order valence-corrected chi connectivity index (χ3v) is 4.09. The normalized spacial score (nSPS) is 19.6. The molecule has 0 aromatic carbocycles. The smallest absolute Gasteiger partial charge is 0.328 e. The van der Waals surface area contributed by atoms with Gasteiger partial charge in [-0.15, -0.1) is 11.3 Å². The average molecular weight is 294 g/mol. The summed E-state index contributed by atoms with van der Waals surface area (Å²) in [7, 11) is 0. The molecule has 0 spiro atoms. The maximum atomic E-state index is 11.0. The number of nitrogens with one attached hydrogen (secondary N) is 1. The van der Waals surface area contributed by atoms with Crippen LogP contribution in [0.15, 0.2) is 17.5 Å². The Balaban J connectivity index is 1.85. The van der Waals surface area contributed by atoms with Gasteiger partial charge in [-0.3, -0.25) is 9.69 Å². The lowest BCUT2D eigenvalue weighted by atomic mass is 10.2. The molecule has 1 aliphatic heterocycles. The van der Waals surface area contributed by atoms with E-state index in [2.05, 4.69) is 10.2 Å². The Kier molecular flexibility index (Phi) is 4.92. The Morgan fingerprint density at radius 2 is 2.40 bits per heavy atom. The fraction of sp³-hybridized carbons (Fsp3) is 0.429. The van der Waals surface area contributed by atoms with Crippen molar-refractivity contribution in [1.29, 1.82) is 0 Å². The van der Waals surface area contributed by atoms with Gasteiger partial charge in [0.15, 0.2) is 0 Å². The predicted molar refractivity (Wildman–Crippen MR) is 78.5 cm³/mol. The quantitative estimate of drug-likeness (QED) is 0.809. The van der Waals surface area contributed by atoms with Crippen LogP contribution in [-0.4, -0.2) is 41.0 Å². The second-order valence-electron chi connectivity index (χ2n) is 4.94. The fourth-order valence-corrected chi connectivity index (χ4v) is 3.23. The topological polar surface area (TPSA) is 69.6 Å². The summed E-state index contributed by atoms with van der Waals surface area (Å²) in [4.78, 5) is 25.0. The van der Waals surface area contributed by atoms with Crippen molar-refractivity contribution in [2.75, 3.05) is 13.1 Å². The number of carbonyl (C=O) groups is 2. The van der Waals surface area contributed by atoms with Gasteiger partial charge in [-0.25, -0.2) is 4.79 Å². The lowest BCUT2D eigenvalue weighted by molar-refractivity contribution is -0.131. The number of thiophene rings is 1. The van der Waals surface area contributed by atoms with Crippen LogP contribution in [0.25, 0.3) is 6.08 Å². The molecule has 1 aromatic heterocycles. The van der Waals surface area contributed by atoms with Crippen molar-refractivity contribution in [2.24, 2.45) is 0 Å². The van der Waals surface area contributed by atoms with Gasteiger partial charge < -0.3 is 10.4 Å². The predicted octanol–water partition coefficient (Wildman–Crippen LogP) is 1.56. The van der Waals surface area contributed by atoms with E-state index in [-0.39, 0.29) is 11.9 Å². The zero-order valence-electron chi connectivity index (χ0n) is 11.3. The third kappa shape index (κ3) is 4.47. The number of nitrogens with zero attached hydrogens (tertiary/aromatic N) is 1. The van der Waals surface area contributed by atoms with Crippen LogP contribution in [-0.2, 0) is 16.1 Å². The van der Waals surface area contributed by atoms with Crippen molar-refractivity contribution in [3.63, 3.8) is 0 Å². The molecule has 1 fully saturated rings. The van der Waals surface area contributed by atoms with Crippen molar-refractivity contribution in [2.45, 2.75) is 25.9 Å². The minimum atomic E-state index is -0.935. The molecular formula is C14H18N2O3S. The molecule has 5 nitrogen and oxygen atoms in total. The van der Waals surface area contributed by atoms with Crippen LogP contribution in [0.2, 0.25) is 0 Å². The first-order chi connectivity index (χ1) is 9.52. The van der Waals surface area contributed by atoms with Gasteiger partial charge in [-0.2, -0.15) is 0 Å². The van der Waals surface area contributed by atoms with E-state index in [9.17, 15) is 9.59 Å². The highest BCUT2D eigenvalue weighted by Gasteiger charge is 2.23. The molecule has 0 radical (unpaired) electrons. The van der Waals surface area contributed by atoms with Crippen molar-refractivity contribution >= 4 is 29.3 Å². The van der Waals surface area contributed by atoms with E-state index in [0.29, 0.717) is 0 Å². The zero-order valence-corrected chi connectivity index (χ0v) is 12.2. The number of likely N-dealkylation sites (tertiary alicyclic amines) is 1. The van der Waals surface area contributed by atoms with Crippen LogP contribution in [0.4, 0.5) is 0 Å². The van der Waals surface area contributed by atoms with Crippen LogP contribution >= 0.6 is 11.3 Å². The molecule has 20 heavy (non-hydrogen) atoms. The van der Waals surface area contributed by atoms with Gasteiger partial charge in [0.05, 0.1) is 0 Å². The molecule has 2 N–H and O–H groups in total. The van der Waals surface area contributed by atoms with E-state index >= 15 is 0 Å². The molecule has 1 aliphatic rings. The highest BCUT2D eigenvalue weighted by atomic mass is 32.1. The molecule has 0 aliphatic carbocycles. The maximum absolute atomic E-state index is 11.0. The minimum absolute atomic E-state index is 0.0223. The van der Waals surface area contributed by atoms with Crippen molar-refractivity contribution in [1.82, 2.24) is 10.2 Å². The molecule has 108 valence electrons. The monoisotopic (exact) mass is 294 g/mol. The first-order valence-electron chi connectivity index (χ1n) is 6.51. The van der Waals surface area contributed by atoms with E-state index in [0.717, 1.165) is 37.7 Å². The Morgan fingerprint density at radius 3 is 3.10 bits per heavy atom. The first kappa shape index (κ1) is 14.7. The first-order valence-corrected chi connectivity index (χ1v) is 7.39. The second-order valence-corrected chi connectivity index (χ2v) is 5.93. The molecule has 1 unspecified atom stereocenters. The summed E-state index contributed by atoms with van der Waals surface area (Å²) in [5.74, 6) is -0.912. The zero-order chi connectivity index (χ0) is 14.5. The van der Waals surface area contributed by atoms with Crippen LogP contribution in [0, 0.1) is 0 Å². The van der Waals surface area contributed by atoms with Crippen molar-refractivity contribution < 1.29 is 14.7 Å². The molecular weight excluding hydrogens is 276 g/mol. The summed E-state index contributed by atoms with van der Waals surface area (Å²) in [6.45, 7) is 4.24. The van der Waals surface area contributed by atoms with Gasteiger partial charge in [0, 0.05) is 43.6 Å². The van der Waals surface area contributed by atoms with Crippen LogP contribution in [0.1, 0.15) is 23.8 Å². The summed E-state index contributed by atoms with van der Waals surface area (Å²) in [6.07, 6.45) is 3.73. The summed E-state index contributed by atoms with van der Waals surface area (Å²) in [6, 6.07) is 2.26. The number of aliphatic carboxylic acids is 1. The van der Waals surface area contributed by atoms with E-state index in [4.69, 9.17) is 5.11 Å². The highest BCUT2D eigenvalue weighted by Crippen LogP contribution is 2.20. The summed E-state index contributed by atoms with van der Waals surface area (Å²) >= 11 is 1.63. The molecule has 2 heterocycles. The molecule has 1 aromatic rings. The van der Waals surface area contributed by atoms with Crippen molar-refractivity contribution in [3.05, 3.63) is 28.0 Å². The largest absolute Gasteiger partial charge is 0.478 e. The second kappa shape index (κ2) is 6.67. The lowest BCUT2D eigenvalue weighted by Crippen LogP contribution is -2.35. The molecule has 0 saturated carbocycles. The number of amides is 1. The summed E-state index contributed by atoms with van der Waals surface area (Å²) in [5, 5.41) is 13.5. The molecule has 1 saturated heterocycles. The van der Waals surface area contributed by atoms with E-state index < -0.39 is 5.97 Å². The number of rotatable bonds is 5. The average Bonchev–Trinajstić information content (AvgIpc) is 2.96. The van der Waals surface area contributed by atoms with Gasteiger partial charge >= 0.3 is 5.97 Å². The van der Waals surface area contributed by atoms with Crippen molar-refractivity contribution in [3.8, 4) is 0 Å². The van der Waals surface area contributed by atoms with E-state index in [1.54, 1.807) is 24.3 Å². The summed E-state index contributed by atoms with van der Waals surface area (Å²) < 4.78 is 0.